The van der Waals surface area contributed by atoms with Crippen LogP contribution in [0.15, 0.2) is 60.7 Å². The summed E-state index contributed by atoms with van der Waals surface area (Å²) in [6, 6.07) is 21.1. The topological polar surface area (TPSA) is 60.0 Å². The monoisotopic (exact) mass is 528 g/mol. The Morgan fingerprint density at radius 1 is 0.923 bits per heavy atom. The summed E-state index contributed by atoms with van der Waals surface area (Å²) in [5.74, 6) is 2.81. The first-order valence-corrected chi connectivity index (χ1v) is 14.4. The van der Waals surface area contributed by atoms with E-state index in [-0.39, 0.29) is 17.9 Å². The number of hydrogen-bond acceptors (Lipinski definition) is 5. The Balaban J connectivity index is 1.38. The molecular weight excluding hydrogens is 488 g/mol. The van der Waals surface area contributed by atoms with Crippen molar-refractivity contribution >= 4 is 11.6 Å². The number of anilines is 1. The van der Waals surface area contributed by atoms with Crippen LogP contribution >= 0.6 is 0 Å². The van der Waals surface area contributed by atoms with Crippen LogP contribution in [0.1, 0.15) is 67.8 Å². The van der Waals surface area contributed by atoms with E-state index in [0.29, 0.717) is 26.4 Å². The van der Waals surface area contributed by atoms with E-state index in [1.165, 1.54) is 22.3 Å². The fourth-order valence-corrected chi connectivity index (χ4v) is 5.75. The Hall–Kier alpha value is -3.51. The molecule has 1 amide bonds. The molecule has 3 aromatic rings. The Kier molecular flexibility index (Phi) is 8.72. The molecule has 2 aliphatic rings. The van der Waals surface area contributed by atoms with Crippen molar-refractivity contribution in [2.75, 3.05) is 38.2 Å². The van der Waals surface area contributed by atoms with Crippen molar-refractivity contribution in [3.8, 4) is 17.2 Å². The number of aryl methyl sites for hydroxylation is 2. The first-order chi connectivity index (χ1) is 19.1. The van der Waals surface area contributed by atoms with E-state index >= 15 is 0 Å². The van der Waals surface area contributed by atoms with E-state index in [9.17, 15) is 4.79 Å². The summed E-state index contributed by atoms with van der Waals surface area (Å²) in [7, 11) is 0. The Morgan fingerprint density at radius 2 is 1.62 bits per heavy atom. The summed E-state index contributed by atoms with van der Waals surface area (Å²) >= 11 is 0. The zero-order chi connectivity index (χ0) is 27.2. The van der Waals surface area contributed by atoms with Gasteiger partial charge in [-0.25, -0.2) is 0 Å². The van der Waals surface area contributed by atoms with Crippen LogP contribution in [0.5, 0.6) is 17.2 Å². The maximum Gasteiger partial charge on any atom is 0.238 e. The largest absolute Gasteiger partial charge is 0.494 e. The minimum Gasteiger partial charge on any atom is -0.494 e. The number of likely N-dealkylation sites (tertiary alicyclic amines) is 1. The zero-order valence-electron chi connectivity index (χ0n) is 23.4. The normalized spacial score (nSPS) is 18.6. The summed E-state index contributed by atoms with van der Waals surface area (Å²) in [5, 5.41) is 3.27. The van der Waals surface area contributed by atoms with Gasteiger partial charge in [-0.05, 0) is 78.1 Å². The molecule has 0 aromatic heterocycles. The van der Waals surface area contributed by atoms with Crippen LogP contribution in [0.3, 0.4) is 0 Å². The van der Waals surface area contributed by atoms with Crippen molar-refractivity contribution in [1.82, 2.24) is 4.90 Å². The lowest BCUT2D eigenvalue weighted by molar-refractivity contribution is -0.117. The summed E-state index contributed by atoms with van der Waals surface area (Å²) in [4.78, 5) is 15.8. The third-order valence-corrected chi connectivity index (χ3v) is 7.79. The molecule has 1 N–H and O–H groups in total. The van der Waals surface area contributed by atoms with Crippen LogP contribution in [0.2, 0.25) is 0 Å². The highest BCUT2D eigenvalue weighted by atomic mass is 16.6. The first kappa shape index (κ1) is 27.1. The molecule has 6 nitrogen and oxygen atoms in total. The van der Waals surface area contributed by atoms with Crippen molar-refractivity contribution in [3.63, 3.8) is 0 Å². The highest BCUT2D eigenvalue weighted by Crippen LogP contribution is 2.43. The number of amides is 1. The Labute approximate surface area is 232 Å². The lowest BCUT2D eigenvalue weighted by Crippen LogP contribution is -2.33. The maximum atomic E-state index is 13.5. The lowest BCUT2D eigenvalue weighted by atomic mass is 9.93. The van der Waals surface area contributed by atoms with E-state index in [1.54, 1.807) is 0 Å². The highest BCUT2D eigenvalue weighted by Gasteiger charge is 2.35. The Morgan fingerprint density at radius 3 is 2.31 bits per heavy atom. The lowest BCUT2D eigenvalue weighted by Gasteiger charge is -2.25. The second kappa shape index (κ2) is 12.6. The smallest absolute Gasteiger partial charge is 0.238 e. The molecule has 6 heteroatoms. The van der Waals surface area contributed by atoms with Crippen LogP contribution in [-0.2, 0) is 17.6 Å². The molecule has 0 unspecified atom stereocenters. The second-order valence-corrected chi connectivity index (χ2v) is 10.4. The molecule has 0 spiro atoms. The first-order valence-electron chi connectivity index (χ1n) is 14.4. The van der Waals surface area contributed by atoms with Crippen molar-refractivity contribution in [2.45, 2.75) is 58.4 Å². The van der Waals surface area contributed by atoms with Gasteiger partial charge in [0.15, 0.2) is 11.5 Å². The molecule has 1 fully saturated rings. The number of hydrogen-bond donors (Lipinski definition) is 1. The van der Waals surface area contributed by atoms with E-state index in [4.69, 9.17) is 14.2 Å². The standard InChI is InChI=1S/C33H40N2O4/c1-4-16-37-28-13-10-25(11-14-28)29-19-27(26-12-15-30-31(20-26)39-18-17-38-30)21-35(29)22-32(36)34-33-23(5-2)8-7-9-24(33)6-3/h7-15,20,27,29H,4-6,16-19,21-22H2,1-3H3,(H,34,36)/t27-,29-/m1/s1. The number of para-hydroxylation sites is 1. The molecule has 5 rings (SSSR count). The van der Waals surface area contributed by atoms with Gasteiger partial charge in [-0.3, -0.25) is 9.69 Å². The number of ether oxygens (including phenoxy) is 3. The summed E-state index contributed by atoms with van der Waals surface area (Å²) in [5.41, 5.74) is 5.76. The molecule has 3 aromatic carbocycles. The molecule has 2 aliphatic heterocycles. The van der Waals surface area contributed by atoms with Gasteiger partial charge in [0.25, 0.3) is 0 Å². The summed E-state index contributed by atoms with van der Waals surface area (Å²) in [6.45, 7) is 9.36. The predicted molar refractivity (Wildman–Crippen MR) is 155 cm³/mol. The van der Waals surface area contributed by atoms with Gasteiger partial charge in [0.2, 0.25) is 5.91 Å². The molecule has 1 saturated heterocycles. The number of rotatable bonds is 10. The molecule has 39 heavy (non-hydrogen) atoms. The summed E-state index contributed by atoms with van der Waals surface area (Å²) < 4.78 is 17.4. The second-order valence-electron chi connectivity index (χ2n) is 10.4. The van der Waals surface area contributed by atoms with Crippen LogP contribution in [0.4, 0.5) is 5.69 Å². The van der Waals surface area contributed by atoms with Gasteiger partial charge in [0.1, 0.15) is 19.0 Å². The fraction of sp³-hybridized carbons (Fsp3) is 0.424. The third-order valence-electron chi connectivity index (χ3n) is 7.79. The van der Waals surface area contributed by atoms with Gasteiger partial charge in [-0.15, -0.1) is 0 Å². The average molecular weight is 529 g/mol. The van der Waals surface area contributed by atoms with E-state index in [1.807, 2.05) is 18.2 Å². The van der Waals surface area contributed by atoms with Gasteiger partial charge in [0, 0.05) is 18.3 Å². The van der Waals surface area contributed by atoms with Gasteiger partial charge in [0.05, 0.1) is 13.2 Å². The minimum absolute atomic E-state index is 0.0290. The van der Waals surface area contributed by atoms with E-state index < -0.39 is 0 Å². The Bertz CT molecular complexity index is 1250. The number of fused-ring (bicyclic) bond motifs is 1. The van der Waals surface area contributed by atoms with Crippen molar-refractivity contribution in [1.29, 1.82) is 0 Å². The van der Waals surface area contributed by atoms with Crippen molar-refractivity contribution < 1.29 is 19.0 Å². The average Bonchev–Trinajstić information content (AvgIpc) is 3.39. The molecule has 2 atom stereocenters. The van der Waals surface area contributed by atoms with Crippen LogP contribution in [0, 0.1) is 0 Å². The van der Waals surface area contributed by atoms with Crippen LogP contribution in [-0.4, -0.2) is 43.7 Å². The summed E-state index contributed by atoms with van der Waals surface area (Å²) in [6.07, 6.45) is 3.67. The van der Waals surface area contributed by atoms with Crippen LogP contribution in [0.25, 0.3) is 0 Å². The zero-order valence-corrected chi connectivity index (χ0v) is 23.4. The van der Waals surface area contributed by atoms with Gasteiger partial charge >= 0.3 is 0 Å². The molecule has 2 heterocycles. The molecule has 0 radical (unpaired) electrons. The molecule has 0 bridgehead atoms. The molecule has 0 saturated carbocycles. The quantitative estimate of drug-likeness (QED) is 0.324. The fourth-order valence-electron chi connectivity index (χ4n) is 5.75. The number of nitrogens with zero attached hydrogens (tertiary/aromatic N) is 1. The molecular formula is C33H40N2O4. The maximum absolute atomic E-state index is 13.5. The molecule has 206 valence electrons. The SMILES string of the molecule is CCCOc1ccc([C@H]2C[C@@H](c3ccc4c(c3)OCCO4)CN2CC(=O)Nc2c(CC)cccc2CC)cc1. The number of nitrogens with one attached hydrogen (secondary N) is 1. The van der Waals surface area contributed by atoms with Gasteiger partial charge in [-0.1, -0.05) is 57.2 Å². The predicted octanol–water partition coefficient (Wildman–Crippen LogP) is 6.54. The molecule has 0 aliphatic carbocycles. The number of carbonyl (C=O) groups excluding carboxylic acids is 1. The third kappa shape index (κ3) is 6.22. The number of benzene rings is 3. The van der Waals surface area contributed by atoms with Crippen LogP contribution < -0.4 is 19.5 Å². The number of carbonyl (C=O) groups is 1. The van der Waals surface area contributed by atoms with E-state index in [2.05, 4.69) is 73.5 Å². The van der Waals surface area contributed by atoms with Crippen molar-refractivity contribution in [2.24, 2.45) is 0 Å². The van der Waals surface area contributed by atoms with Gasteiger partial charge in [-0.2, -0.15) is 0 Å². The minimum atomic E-state index is 0.0290. The highest BCUT2D eigenvalue weighted by molar-refractivity contribution is 5.94. The van der Waals surface area contributed by atoms with E-state index in [0.717, 1.165) is 55.2 Å². The van der Waals surface area contributed by atoms with Crippen molar-refractivity contribution in [3.05, 3.63) is 82.9 Å². The van der Waals surface area contributed by atoms with Gasteiger partial charge < -0.3 is 19.5 Å².